The van der Waals surface area contributed by atoms with E-state index in [1.807, 2.05) is 32.3 Å². The van der Waals surface area contributed by atoms with Crippen LogP contribution in [-0.4, -0.2) is 44.5 Å². The number of halogens is 2. The van der Waals surface area contributed by atoms with Crippen LogP contribution in [0.3, 0.4) is 0 Å². The summed E-state index contributed by atoms with van der Waals surface area (Å²) in [6.45, 7) is 2.90. The van der Waals surface area contributed by atoms with E-state index in [1.54, 1.807) is 0 Å². The first kappa shape index (κ1) is 22.2. The van der Waals surface area contributed by atoms with Gasteiger partial charge in [-0.3, -0.25) is 4.79 Å². The van der Waals surface area contributed by atoms with E-state index in [1.165, 1.54) is 5.56 Å². The lowest BCUT2D eigenvalue weighted by molar-refractivity contribution is -0.123. The summed E-state index contributed by atoms with van der Waals surface area (Å²) in [6, 6.07) is 10.3. The van der Waals surface area contributed by atoms with Gasteiger partial charge in [-0.1, -0.05) is 30.3 Å². The summed E-state index contributed by atoms with van der Waals surface area (Å²) in [4.78, 5) is 14.4. The van der Waals surface area contributed by atoms with E-state index in [4.69, 9.17) is 0 Å². The van der Waals surface area contributed by atoms with Crippen molar-refractivity contribution in [1.82, 2.24) is 15.5 Å². The molecule has 1 unspecified atom stereocenters. The van der Waals surface area contributed by atoms with Crippen molar-refractivity contribution >= 4 is 30.7 Å². The molecule has 1 aromatic rings. The average Bonchev–Trinajstić information content (AvgIpc) is 2.48. The molecule has 132 valence electrons. The largest absolute Gasteiger partial charge is 0.348 e. The predicted octanol–water partition coefficient (Wildman–Crippen LogP) is 2.64. The highest BCUT2D eigenvalue weighted by molar-refractivity contribution is 5.85. The fourth-order valence-corrected chi connectivity index (χ4v) is 2.89. The Morgan fingerprint density at radius 2 is 1.83 bits per heavy atom. The number of hydrogen-bond donors (Lipinski definition) is 2. The van der Waals surface area contributed by atoms with Crippen LogP contribution in [0.25, 0.3) is 0 Å². The van der Waals surface area contributed by atoms with Crippen molar-refractivity contribution in [3.05, 3.63) is 35.9 Å². The second-order valence-electron chi connectivity index (χ2n) is 6.19. The van der Waals surface area contributed by atoms with E-state index in [9.17, 15) is 4.79 Å². The zero-order valence-electron chi connectivity index (χ0n) is 14.0. The van der Waals surface area contributed by atoms with Gasteiger partial charge in [-0.2, -0.15) is 0 Å². The van der Waals surface area contributed by atoms with Crippen molar-refractivity contribution in [3.63, 3.8) is 0 Å². The number of rotatable bonds is 6. The van der Waals surface area contributed by atoms with Crippen LogP contribution in [0.2, 0.25) is 0 Å². The Morgan fingerprint density at radius 1 is 1.22 bits per heavy atom. The number of piperidine rings is 1. The first-order valence-electron chi connectivity index (χ1n) is 7.85. The number of amides is 1. The fraction of sp³-hybridized carbons (Fsp3) is 0.588. The van der Waals surface area contributed by atoms with E-state index in [-0.39, 0.29) is 36.8 Å². The van der Waals surface area contributed by atoms with Crippen LogP contribution in [0.1, 0.15) is 30.9 Å². The van der Waals surface area contributed by atoms with Crippen LogP contribution in [0.4, 0.5) is 0 Å². The number of nitrogens with one attached hydrogen (secondary N) is 2. The summed E-state index contributed by atoms with van der Waals surface area (Å²) < 4.78 is 0. The maximum absolute atomic E-state index is 12.3. The Hall–Kier alpha value is -0.810. The minimum Gasteiger partial charge on any atom is -0.348 e. The molecule has 0 bridgehead atoms. The maximum atomic E-state index is 12.3. The molecule has 1 aliphatic rings. The molecule has 1 fully saturated rings. The smallest absolute Gasteiger partial charge is 0.220 e. The summed E-state index contributed by atoms with van der Waals surface area (Å²) >= 11 is 0. The Kier molecular flexibility index (Phi) is 11.3. The number of likely N-dealkylation sites (N-methyl/N-ethyl adjacent to an activating group) is 1. The van der Waals surface area contributed by atoms with Crippen molar-refractivity contribution in [2.45, 2.75) is 25.3 Å². The molecule has 1 heterocycles. The molecule has 1 atom stereocenters. The number of carbonyl (C=O) groups excluding carboxylic acids is 1. The number of hydrogen-bond acceptors (Lipinski definition) is 3. The van der Waals surface area contributed by atoms with Crippen LogP contribution < -0.4 is 10.6 Å². The van der Waals surface area contributed by atoms with Gasteiger partial charge in [0.2, 0.25) is 5.91 Å². The van der Waals surface area contributed by atoms with E-state index in [0.29, 0.717) is 12.3 Å². The van der Waals surface area contributed by atoms with Gasteiger partial charge in [0.15, 0.2) is 0 Å². The van der Waals surface area contributed by atoms with Crippen molar-refractivity contribution < 1.29 is 4.79 Å². The summed E-state index contributed by atoms with van der Waals surface area (Å²) in [5.41, 5.74) is 1.17. The van der Waals surface area contributed by atoms with Crippen LogP contribution in [0, 0.1) is 5.92 Å². The first-order chi connectivity index (χ1) is 10.1. The van der Waals surface area contributed by atoms with Gasteiger partial charge in [0.1, 0.15) is 0 Å². The molecular weight excluding hydrogens is 333 g/mol. The second kappa shape index (κ2) is 11.7. The molecule has 2 N–H and O–H groups in total. The molecule has 1 saturated heterocycles. The van der Waals surface area contributed by atoms with Crippen molar-refractivity contribution in [1.29, 1.82) is 0 Å². The van der Waals surface area contributed by atoms with Crippen LogP contribution in [0.15, 0.2) is 30.3 Å². The Bertz CT molecular complexity index is 437. The lowest BCUT2D eigenvalue weighted by Gasteiger charge is -2.26. The zero-order chi connectivity index (χ0) is 15.1. The molecule has 1 aromatic carbocycles. The quantitative estimate of drug-likeness (QED) is 0.818. The van der Waals surface area contributed by atoms with Gasteiger partial charge in [0.25, 0.3) is 0 Å². The standard InChI is InChI=1S/C17H27N3O.2ClH/c1-20(2)13-16(15-6-4-3-5-7-15)19-17(21)12-14-8-10-18-11-9-14;;/h3-7,14,16,18H,8-13H2,1-2H3,(H,19,21);2*1H. The maximum Gasteiger partial charge on any atom is 0.220 e. The van der Waals surface area contributed by atoms with Gasteiger partial charge < -0.3 is 15.5 Å². The third kappa shape index (κ3) is 8.02. The average molecular weight is 362 g/mol. The highest BCUT2D eigenvalue weighted by Crippen LogP contribution is 2.18. The number of benzene rings is 1. The second-order valence-corrected chi connectivity index (χ2v) is 6.19. The molecule has 4 nitrogen and oxygen atoms in total. The highest BCUT2D eigenvalue weighted by atomic mass is 35.5. The summed E-state index contributed by atoms with van der Waals surface area (Å²) in [5.74, 6) is 0.708. The normalized spacial score (nSPS) is 16.1. The molecule has 0 aliphatic carbocycles. The van der Waals surface area contributed by atoms with E-state index in [0.717, 1.165) is 32.5 Å². The molecule has 0 saturated carbocycles. The van der Waals surface area contributed by atoms with Crippen LogP contribution >= 0.6 is 24.8 Å². The Morgan fingerprint density at radius 3 is 2.39 bits per heavy atom. The molecule has 0 spiro atoms. The molecule has 23 heavy (non-hydrogen) atoms. The van der Waals surface area contributed by atoms with Crippen molar-refractivity contribution in [2.75, 3.05) is 33.7 Å². The van der Waals surface area contributed by atoms with E-state index in [2.05, 4.69) is 27.7 Å². The van der Waals surface area contributed by atoms with E-state index >= 15 is 0 Å². The highest BCUT2D eigenvalue weighted by Gasteiger charge is 2.20. The third-order valence-corrected chi connectivity index (χ3v) is 4.02. The summed E-state index contributed by atoms with van der Waals surface area (Å²) in [7, 11) is 4.07. The minimum absolute atomic E-state index is 0. The van der Waals surface area contributed by atoms with Gasteiger partial charge in [0.05, 0.1) is 6.04 Å². The van der Waals surface area contributed by atoms with Gasteiger partial charge in [0, 0.05) is 13.0 Å². The zero-order valence-corrected chi connectivity index (χ0v) is 15.6. The summed E-state index contributed by atoms with van der Waals surface area (Å²) in [5, 5.41) is 6.55. The molecule has 2 rings (SSSR count). The number of carbonyl (C=O) groups is 1. The fourth-order valence-electron chi connectivity index (χ4n) is 2.89. The molecule has 0 aromatic heterocycles. The number of nitrogens with zero attached hydrogens (tertiary/aromatic N) is 1. The van der Waals surface area contributed by atoms with Gasteiger partial charge in [-0.25, -0.2) is 0 Å². The SMILES string of the molecule is CN(C)CC(NC(=O)CC1CCNCC1)c1ccccc1.Cl.Cl. The van der Waals surface area contributed by atoms with Gasteiger partial charge in [-0.15, -0.1) is 24.8 Å². The molecular formula is C17H29Cl2N3O. The van der Waals surface area contributed by atoms with Gasteiger partial charge in [-0.05, 0) is 51.5 Å². The molecule has 0 radical (unpaired) electrons. The molecule has 1 aliphatic heterocycles. The predicted molar refractivity (Wildman–Crippen MR) is 101 cm³/mol. The minimum atomic E-state index is 0. The van der Waals surface area contributed by atoms with E-state index < -0.39 is 0 Å². The molecule has 6 heteroatoms. The Labute approximate surface area is 152 Å². The van der Waals surface area contributed by atoms with Gasteiger partial charge >= 0.3 is 0 Å². The van der Waals surface area contributed by atoms with Crippen LogP contribution in [-0.2, 0) is 4.79 Å². The Balaban J connectivity index is 0.00000242. The van der Waals surface area contributed by atoms with Crippen molar-refractivity contribution in [2.24, 2.45) is 5.92 Å². The third-order valence-electron chi connectivity index (χ3n) is 4.02. The van der Waals surface area contributed by atoms with Crippen LogP contribution in [0.5, 0.6) is 0 Å². The molecule has 1 amide bonds. The summed E-state index contributed by atoms with van der Waals surface area (Å²) in [6.07, 6.45) is 2.87. The first-order valence-corrected chi connectivity index (χ1v) is 7.85. The topological polar surface area (TPSA) is 44.4 Å². The van der Waals surface area contributed by atoms with Crippen molar-refractivity contribution in [3.8, 4) is 0 Å². The monoisotopic (exact) mass is 361 g/mol. The lowest BCUT2D eigenvalue weighted by atomic mass is 9.94. The lowest BCUT2D eigenvalue weighted by Crippen LogP contribution is -2.37.